The summed E-state index contributed by atoms with van der Waals surface area (Å²) in [4.78, 5) is 12.9. The van der Waals surface area contributed by atoms with Gasteiger partial charge in [-0.2, -0.15) is 0 Å². The van der Waals surface area contributed by atoms with Crippen LogP contribution in [0.3, 0.4) is 0 Å². The molecule has 1 rings (SSSR count). The molecule has 0 aliphatic carbocycles. The zero-order valence-corrected chi connectivity index (χ0v) is 6.34. The van der Waals surface area contributed by atoms with Crippen LogP contribution in [0.5, 0.6) is 0 Å². The number of likely N-dealkylation sites (tertiary alicyclic amines) is 1. The van der Waals surface area contributed by atoms with Gasteiger partial charge in [0.2, 0.25) is 5.91 Å². The molecule has 0 aromatic heterocycles. The van der Waals surface area contributed by atoms with Crippen molar-refractivity contribution in [1.82, 2.24) is 4.90 Å². The zero-order valence-electron chi connectivity index (χ0n) is 6.34. The van der Waals surface area contributed by atoms with Crippen LogP contribution in [-0.2, 0) is 4.79 Å². The third kappa shape index (κ3) is 1.29. The van der Waals surface area contributed by atoms with Gasteiger partial charge in [-0.25, -0.2) is 0 Å². The van der Waals surface area contributed by atoms with Gasteiger partial charge in [0, 0.05) is 12.6 Å². The Morgan fingerprint density at radius 2 is 2.50 bits per heavy atom. The summed E-state index contributed by atoms with van der Waals surface area (Å²) in [6.07, 6.45) is 2.26. The number of carbonyl (C=O) groups excluding carboxylic acids is 1. The summed E-state index contributed by atoms with van der Waals surface area (Å²) < 4.78 is 0. The van der Waals surface area contributed by atoms with Gasteiger partial charge in [0.25, 0.3) is 0 Å². The molecule has 0 aromatic rings. The van der Waals surface area contributed by atoms with Crippen molar-refractivity contribution in [3.8, 4) is 0 Å². The highest BCUT2D eigenvalue weighted by atomic mass is 16.2. The first-order chi connectivity index (χ1) is 4.75. The third-order valence-corrected chi connectivity index (χ3v) is 2.05. The lowest BCUT2D eigenvalue weighted by Gasteiger charge is -2.19. The number of nitrogens with zero attached hydrogens (tertiary/aromatic N) is 1. The first-order valence-electron chi connectivity index (χ1n) is 3.75. The number of rotatable bonds is 1. The fourth-order valence-electron chi connectivity index (χ4n) is 1.42. The Labute approximate surface area is 61.2 Å². The average Bonchev–Trinajstić information content (AvgIpc) is 2.34. The summed E-state index contributed by atoms with van der Waals surface area (Å²) in [6.45, 7) is 3.13. The highest BCUT2D eigenvalue weighted by molar-refractivity contribution is 5.78. The Morgan fingerprint density at radius 1 is 1.80 bits per heavy atom. The van der Waals surface area contributed by atoms with E-state index in [0.29, 0.717) is 6.04 Å². The monoisotopic (exact) mass is 142 g/mol. The standard InChI is InChI=1S/C7H14N2O/c1-6-3-2-4-9(6)7(10)5-8/h6H,2-5,8H2,1H3. The fourth-order valence-corrected chi connectivity index (χ4v) is 1.42. The molecule has 1 saturated heterocycles. The van der Waals surface area contributed by atoms with Crippen LogP contribution in [0, 0.1) is 0 Å². The fraction of sp³-hybridized carbons (Fsp3) is 0.857. The van der Waals surface area contributed by atoms with E-state index in [1.807, 2.05) is 4.90 Å². The van der Waals surface area contributed by atoms with Gasteiger partial charge >= 0.3 is 0 Å². The molecule has 1 fully saturated rings. The summed E-state index contributed by atoms with van der Waals surface area (Å²) in [5, 5.41) is 0. The SMILES string of the molecule is CC1CCCN1C(=O)CN. The first kappa shape index (κ1) is 7.54. The number of amides is 1. The molecule has 1 atom stereocenters. The van der Waals surface area contributed by atoms with E-state index < -0.39 is 0 Å². The van der Waals surface area contributed by atoms with Crippen LogP contribution in [0.15, 0.2) is 0 Å². The molecule has 3 heteroatoms. The van der Waals surface area contributed by atoms with Crippen molar-refractivity contribution in [2.24, 2.45) is 5.73 Å². The maximum atomic E-state index is 11.0. The Balaban J connectivity index is 2.46. The lowest BCUT2D eigenvalue weighted by molar-refractivity contribution is -0.130. The molecule has 0 saturated carbocycles. The number of hydrogen-bond acceptors (Lipinski definition) is 2. The van der Waals surface area contributed by atoms with E-state index in [9.17, 15) is 4.79 Å². The van der Waals surface area contributed by atoms with Crippen molar-refractivity contribution in [3.63, 3.8) is 0 Å². The molecule has 10 heavy (non-hydrogen) atoms. The van der Waals surface area contributed by atoms with Gasteiger partial charge < -0.3 is 10.6 Å². The van der Waals surface area contributed by atoms with E-state index in [-0.39, 0.29) is 12.5 Å². The lowest BCUT2D eigenvalue weighted by atomic mass is 10.2. The van der Waals surface area contributed by atoms with Crippen molar-refractivity contribution in [1.29, 1.82) is 0 Å². The maximum Gasteiger partial charge on any atom is 0.236 e. The predicted molar refractivity (Wildman–Crippen MR) is 39.5 cm³/mol. The van der Waals surface area contributed by atoms with Gasteiger partial charge in [-0.15, -0.1) is 0 Å². The van der Waals surface area contributed by atoms with Gasteiger partial charge in [0.1, 0.15) is 0 Å². The second kappa shape index (κ2) is 3.01. The van der Waals surface area contributed by atoms with Gasteiger partial charge in [-0.05, 0) is 19.8 Å². The molecule has 1 aliphatic heterocycles. The summed E-state index contributed by atoms with van der Waals surface area (Å²) in [7, 11) is 0. The Bertz CT molecular complexity index is 136. The van der Waals surface area contributed by atoms with Crippen molar-refractivity contribution in [2.75, 3.05) is 13.1 Å². The first-order valence-corrected chi connectivity index (χ1v) is 3.75. The number of hydrogen-bond donors (Lipinski definition) is 1. The summed E-state index contributed by atoms with van der Waals surface area (Å²) in [5.41, 5.74) is 5.22. The number of nitrogens with two attached hydrogens (primary N) is 1. The van der Waals surface area contributed by atoms with E-state index in [4.69, 9.17) is 5.73 Å². The molecule has 0 bridgehead atoms. The largest absolute Gasteiger partial charge is 0.339 e. The summed E-state index contributed by atoms with van der Waals surface area (Å²) in [6, 6.07) is 0.413. The third-order valence-electron chi connectivity index (χ3n) is 2.05. The van der Waals surface area contributed by atoms with Crippen LogP contribution < -0.4 is 5.73 Å². The minimum Gasteiger partial charge on any atom is -0.339 e. The van der Waals surface area contributed by atoms with E-state index >= 15 is 0 Å². The van der Waals surface area contributed by atoms with E-state index in [2.05, 4.69) is 6.92 Å². The Kier molecular flexibility index (Phi) is 2.27. The smallest absolute Gasteiger partial charge is 0.236 e. The van der Waals surface area contributed by atoms with Crippen LogP contribution in [0.4, 0.5) is 0 Å². The van der Waals surface area contributed by atoms with E-state index in [1.54, 1.807) is 0 Å². The second-order valence-corrected chi connectivity index (χ2v) is 2.78. The maximum absolute atomic E-state index is 11.0. The molecule has 0 aromatic carbocycles. The molecular formula is C7H14N2O. The van der Waals surface area contributed by atoms with Crippen molar-refractivity contribution < 1.29 is 4.79 Å². The summed E-state index contributed by atoms with van der Waals surface area (Å²) in [5.74, 6) is 0.0880. The van der Waals surface area contributed by atoms with Crippen LogP contribution in [-0.4, -0.2) is 29.9 Å². The van der Waals surface area contributed by atoms with Gasteiger partial charge in [0.15, 0.2) is 0 Å². The lowest BCUT2D eigenvalue weighted by Crippen LogP contribution is -2.37. The molecule has 2 N–H and O–H groups in total. The quantitative estimate of drug-likeness (QED) is 0.558. The van der Waals surface area contributed by atoms with Crippen molar-refractivity contribution in [3.05, 3.63) is 0 Å². The van der Waals surface area contributed by atoms with Gasteiger partial charge in [-0.3, -0.25) is 4.79 Å². The van der Waals surface area contributed by atoms with Crippen molar-refractivity contribution >= 4 is 5.91 Å². The molecule has 0 radical (unpaired) electrons. The minimum absolute atomic E-state index is 0.0880. The normalized spacial score (nSPS) is 25.4. The molecular weight excluding hydrogens is 128 g/mol. The number of carbonyl (C=O) groups is 1. The Morgan fingerprint density at radius 3 is 2.90 bits per heavy atom. The zero-order chi connectivity index (χ0) is 7.56. The highest BCUT2D eigenvalue weighted by Gasteiger charge is 2.23. The molecule has 0 spiro atoms. The van der Waals surface area contributed by atoms with Crippen LogP contribution in [0.25, 0.3) is 0 Å². The molecule has 1 heterocycles. The van der Waals surface area contributed by atoms with Gasteiger partial charge in [-0.1, -0.05) is 0 Å². The second-order valence-electron chi connectivity index (χ2n) is 2.78. The minimum atomic E-state index is 0.0880. The van der Waals surface area contributed by atoms with Crippen LogP contribution in [0.2, 0.25) is 0 Å². The van der Waals surface area contributed by atoms with Gasteiger partial charge in [0.05, 0.1) is 6.54 Å². The highest BCUT2D eigenvalue weighted by Crippen LogP contribution is 2.15. The van der Waals surface area contributed by atoms with Crippen LogP contribution >= 0.6 is 0 Å². The topological polar surface area (TPSA) is 46.3 Å². The molecule has 1 unspecified atom stereocenters. The molecule has 1 aliphatic rings. The average molecular weight is 142 g/mol. The van der Waals surface area contributed by atoms with E-state index in [0.717, 1.165) is 19.4 Å². The summed E-state index contributed by atoms with van der Waals surface area (Å²) >= 11 is 0. The van der Waals surface area contributed by atoms with Crippen LogP contribution in [0.1, 0.15) is 19.8 Å². The molecule has 58 valence electrons. The van der Waals surface area contributed by atoms with Crippen molar-refractivity contribution in [2.45, 2.75) is 25.8 Å². The molecule has 1 amide bonds. The molecule has 3 nitrogen and oxygen atoms in total. The van der Waals surface area contributed by atoms with E-state index in [1.165, 1.54) is 0 Å². The predicted octanol–water partition coefficient (Wildman–Crippen LogP) is -0.0440. The Hall–Kier alpha value is -0.570.